The van der Waals surface area contributed by atoms with Gasteiger partial charge in [0, 0.05) is 25.6 Å². The quantitative estimate of drug-likeness (QED) is 0.652. The number of nitrogens with zero attached hydrogens (tertiary/aromatic N) is 3. The van der Waals surface area contributed by atoms with Gasteiger partial charge in [-0.3, -0.25) is 14.2 Å². The highest BCUT2D eigenvalue weighted by Gasteiger charge is 2.14. The molecule has 1 atom stereocenters. The van der Waals surface area contributed by atoms with E-state index in [1.165, 1.54) is 16.5 Å². The second-order valence-electron chi connectivity index (χ2n) is 7.12. The van der Waals surface area contributed by atoms with Crippen LogP contribution in [0.25, 0.3) is 10.9 Å². The van der Waals surface area contributed by atoms with Gasteiger partial charge in [-0.15, -0.1) is 0 Å². The van der Waals surface area contributed by atoms with Gasteiger partial charge in [-0.25, -0.2) is 4.98 Å². The topological polar surface area (TPSA) is 67.2 Å². The van der Waals surface area contributed by atoms with Crippen molar-refractivity contribution in [3.63, 3.8) is 0 Å². The number of hydrogen-bond donors (Lipinski definition) is 1. The number of para-hydroxylation sites is 1. The molecule has 6 heteroatoms. The predicted octanol–water partition coefficient (Wildman–Crippen LogP) is 2.08. The van der Waals surface area contributed by atoms with Crippen LogP contribution < -0.4 is 10.9 Å². The smallest absolute Gasteiger partial charge is 0.261 e. The number of nitrogens with one attached hydrogen (secondary N) is 1. The lowest BCUT2D eigenvalue weighted by atomic mass is 10.1. The molecule has 146 valence electrons. The molecule has 1 aromatic heterocycles. The van der Waals surface area contributed by atoms with Gasteiger partial charge in [0.25, 0.3) is 5.56 Å². The first-order chi connectivity index (χ1) is 13.5. The van der Waals surface area contributed by atoms with Crippen molar-refractivity contribution in [2.24, 2.45) is 0 Å². The molecule has 2 aromatic carbocycles. The highest BCUT2D eigenvalue weighted by Crippen LogP contribution is 2.07. The molecule has 28 heavy (non-hydrogen) atoms. The molecule has 6 nitrogen and oxygen atoms in total. The summed E-state index contributed by atoms with van der Waals surface area (Å²) in [6.45, 7) is 0.874. The van der Waals surface area contributed by atoms with Crippen LogP contribution in [0.5, 0.6) is 0 Å². The van der Waals surface area contributed by atoms with Crippen molar-refractivity contribution in [3.8, 4) is 0 Å². The van der Waals surface area contributed by atoms with Gasteiger partial charge in [0.15, 0.2) is 0 Å². The highest BCUT2D eigenvalue weighted by molar-refractivity contribution is 5.77. The number of fused-ring (bicyclic) bond motifs is 1. The number of benzene rings is 2. The predicted molar refractivity (Wildman–Crippen MR) is 111 cm³/mol. The summed E-state index contributed by atoms with van der Waals surface area (Å²) in [6.07, 6.45) is 2.61. The molecule has 0 aliphatic rings. The largest absolute Gasteiger partial charge is 0.354 e. The molecule has 1 unspecified atom stereocenters. The number of amides is 1. The van der Waals surface area contributed by atoms with E-state index in [4.69, 9.17) is 0 Å². The van der Waals surface area contributed by atoms with Crippen LogP contribution in [0.2, 0.25) is 0 Å². The summed E-state index contributed by atoms with van der Waals surface area (Å²) in [5.41, 5.74) is 1.79. The van der Waals surface area contributed by atoms with Gasteiger partial charge in [0.2, 0.25) is 5.91 Å². The molecule has 1 amide bonds. The molecule has 0 fully saturated rings. The van der Waals surface area contributed by atoms with Crippen molar-refractivity contribution in [2.75, 3.05) is 20.6 Å². The van der Waals surface area contributed by atoms with Crippen LogP contribution in [0.15, 0.2) is 65.7 Å². The van der Waals surface area contributed by atoms with Gasteiger partial charge in [-0.2, -0.15) is 0 Å². The Morgan fingerprint density at radius 2 is 1.82 bits per heavy atom. The highest BCUT2D eigenvalue weighted by atomic mass is 16.1. The van der Waals surface area contributed by atoms with E-state index in [0.29, 0.717) is 24.0 Å². The first-order valence-corrected chi connectivity index (χ1v) is 9.46. The molecule has 0 saturated carbocycles. The van der Waals surface area contributed by atoms with E-state index < -0.39 is 0 Å². The Bertz CT molecular complexity index is 982. The van der Waals surface area contributed by atoms with Crippen molar-refractivity contribution in [1.29, 1.82) is 0 Å². The van der Waals surface area contributed by atoms with Gasteiger partial charge in [-0.05, 0) is 38.2 Å². The molecule has 3 rings (SSSR count). The molecule has 1 heterocycles. The second kappa shape index (κ2) is 9.28. The minimum atomic E-state index is -0.117. The van der Waals surface area contributed by atoms with Crippen LogP contribution in [0.3, 0.4) is 0 Å². The third-order valence-electron chi connectivity index (χ3n) is 4.89. The number of hydrogen-bond acceptors (Lipinski definition) is 4. The van der Waals surface area contributed by atoms with Gasteiger partial charge in [0.05, 0.1) is 17.2 Å². The van der Waals surface area contributed by atoms with Crippen LogP contribution >= 0.6 is 0 Å². The van der Waals surface area contributed by atoms with E-state index in [1.807, 2.05) is 50.5 Å². The zero-order chi connectivity index (χ0) is 19.9. The van der Waals surface area contributed by atoms with Crippen LogP contribution in [-0.2, 0) is 17.8 Å². The number of aromatic nitrogens is 2. The van der Waals surface area contributed by atoms with E-state index in [2.05, 4.69) is 27.3 Å². The molecule has 3 aromatic rings. The molecule has 0 spiro atoms. The molecule has 0 bridgehead atoms. The van der Waals surface area contributed by atoms with Gasteiger partial charge < -0.3 is 10.2 Å². The number of rotatable bonds is 8. The zero-order valence-electron chi connectivity index (χ0n) is 16.3. The lowest BCUT2D eigenvalue weighted by Gasteiger charge is -2.24. The molecule has 0 aliphatic heterocycles. The van der Waals surface area contributed by atoms with Crippen molar-refractivity contribution in [3.05, 3.63) is 76.8 Å². The lowest BCUT2D eigenvalue weighted by molar-refractivity contribution is -0.121. The number of carbonyl (C=O) groups is 1. The summed E-state index contributed by atoms with van der Waals surface area (Å²) >= 11 is 0. The number of carbonyl (C=O) groups excluding carboxylic acids is 1. The average molecular weight is 378 g/mol. The zero-order valence-corrected chi connectivity index (χ0v) is 16.3. The number of aryl methyl sites for hydroxylation is 1. The third-order valence-corrected chi connectivity index (χ3v) is 4.89. The fourth-order valence-corrected chi connectivity index (χ4v) is 3.13. The second-order valence-corrected chi connectivity index (χ2v) is 7.12. The molecule has 1 N–H and O–H groups in total. The maximum atomic E-state index is 12.5. The molecule has 0 radical (unpaired) electrons. The molecular formula is C22H26N4O2. The summed E-state index contributed by atoms with van der Waals surface area (Å²) in [7, 11) is 4.03. The van der Waals surface area contributed by atoms with Crippen LogP contribution in [-0.4, -0.2) is 47.0 Å². The Labute approximate surface area is 164 Å². The standard InChI is InChI=1S/C22H26N4O2/c1-25(2)18(14-17-8-4-3-5-9-17)15-23-21(27)12-13-26-16-24-20-11-7-6-10-19(20)22(26)28/h3-11,16,18H,12-15H2,1-2H3,(H,23,27). The van der Waals surface area contributed by atoms with Crippen molar-refractivity contribution < 1.29 is 4.79 Å². The minimum Gasteiger partial charge on any atom is -0.354 e. The Hall–Kier alpha value is -2.99. The normalized spacial score (nSPS) is 12.2. The van der Waals surface area contributed by atoms with E-state index in [0.717, 1.165) is 6.42 Å². The summed E-state index contributed by atoms with van der Waals surface area (Å²) in [5, 5.41) is 3.57. The minimum absolute atomic E-state index is 0.0695. The summed E-state index contributed by atoms with van der Waals surface area (Å²) < 4.78 is 1.50. The first kappa shape index (κ1) is 19.8. The lowest BCUT2D eigenvalue weighted by Crippen LogP contribution is -2.42. The number of likely N-dealkylation sites (N-methyl/N-ethyl adjacent to an activating group) is 1. The van der Waals surface area contributed by atoms with E-state index in [1.54, 1.807) is 6.07 Å². The van der Waals surface area contributed by atoms with Crippen molar-refractivity contribution in [1.82, 2.24) is 19.8 Å². The maximum absolute atomic E-state index is 12.5. The summed E-state index contributed by atoms with van der Waals surface area (Å²) in [5.74, 6) is -0.0695. The molecule has 0 saturated heterocycles. The monoisotopic (exact) mass is 378 g/mol. The van der Waals surface area contributed by atoms with Crippen molar-refractivity contribution >= 4 is 16.8 Å². The Morgan fingerprint density at radius 1 is 1.11 bits per heavy atom. The Morgan fingerprint density at radius 3 is 2.57 bits per heavy atom. The Kier molecular flexibility index (Phi) is 6.55. The van der Waals surface area contributed by atoms with Crippen LogP contribution in [0, 0.1) is 0 Å². The maximum Gasteiger partial charge on any atom is 0.261 e. The fraction of sp³-hybridized carbons (Fsp3) is 0.318. The van der Waals surface area contributed by atoms with Gasteiger partial charge in [-0.1, -0.05) is 42.5 Å². The van der Waals surface area contributed by atoms with Gasteiger partial charge in [0.1, 0.15) is 0 Å². The van der Waals surface area contributed by atoms with E-state index in [-0.39, 0.29) is 23.9 Å². The van der Waals surface area contributed by atoms with Gasteiger partial charge >= 0.3 is 0 Å². The average Bonchev–Trinajstić information content (AvgIpc) is 2.71. The molecule has 0 aliphatic carbocycles. The first-order valence-electron chi connectivity index (χ1n) is 9.46. The summed E-state index contributed by atoms with van der Waals surface area (Å²) in [6, 6.07) is 17.7. The Balaban J connectivity index is 1.55. The van der Waals surface area contributed by atoms with Crippen molar-refractivity contribution in [2.45, 2.75) is 25.4 Å². The third kappa shape index (κ3) is 5.04. The summed E-state index contributed by atoms with van der Waals surface area (Å²) in [4.78, 5) is 31.2. The van der Waals surface area contributed by atoms with E-state index in [9.17, 15) is 9.59 Å². The molecular weight excluding hydrogens is 352 g/mol. The van der Waals surface area contributed by atoms with Crippen LogP contribution in [0.4, 0.5) is 0 Å². The fourth-order valence-electron chi connectivity index (χ4n) is 3.13. The van der Waals surface area contributed by atoms with Crippen LogP contribution in [0.1, 0.15) is 12.0 Å². The van der Waals surface area contributed by atoms with E-state index >= 15 is 0 Å². The SMILES string of the molecule is CN(C)C(CNC(=O)CCn1cnc2ccccc2c1=O)Cc1ccccc1.